The molecule has 0 aliphatic carbocycles. The number of aromatic nitrogens is 3. The molecule has 0 saturated heterocycles. The van der Waals surface area contributed by atoms with Crippen LogP contribution in [-0.2, 0) is 19.4 Å². The zero-order valence-corrected chi connectivity index (χ0v) is 13.6. The van der Waals surface area contributed by atoms with Crippen LogP contribution in [0.25, 0.3) is 5.69 Å². The average molecular weight is 286 g/mol. The highest BCUT2D eigenvalue weighted by atomic mass is 15.3. The van der Waals surface area contributed by atoms with Crippen LogP contribution in [0.1, 0.15) is 50.0 Å². The van der Waals surface area contributed by atoms with Crippen LogP contribution >= 0.6 is 0 Å². The molecule has 1 heterocycles. The molecule has 4 nitrogen and oxygen atoms in total. The standard InChI is InChI=1S/C17H26N4/c1-5-10-18-12-14-8-9-15(13(4)11-14)21-17(7-3)19-16(6-2)20-21/h8-9,11,18H,5-7,10,12H2,1-4H3. The molecule has 0 aliphatic rings. The molecule has 0 saturated carbocycles. The summed E-state index contributed by atoms with van der Waals surface area (Å²) in [7, 11) is 0. The number of benzene rings is 1. The molecule has 21 heavy (non-hydrogen) atoms. The van der Waals surface area contributed by atoms with E-state index in [1.165, 1.54) is 11.1 Å². The lowest BCUT2D eigenvalue weighted by atomic mass is 10.1. The molecule has 2 rings (SSSR count). The fourth-order valence-electron chi connectivity index (χ4n) is 2.44. The van der Waals surface area contributed by atoms with E-state index >= 15 is 0 Å². The number of aryl methyl sites for hydroxylation is 3. The SMILES string of the molecule is CCCNCc1ccc(-n2nc(CC)nc2CC)c(C)c1. The summed E-state index contributed by atoms with van der Waals surface area (Å²) in [5.74, 6) is 1.95. The van der Waals surface area contributed by atoms with Crippen molar-refractivity contribution in [1.82, 2.24) is 20.1 Å². The van der Waals surface area contributed by atoms with Gasteiger partial charge < -0.3 is 5.32 Å². The van der Waals surface area contributed by atoms with Crippen molar-refractivity contribution in [3.63, 3.8) is 0 Å². The number of hydrogen-bond acceptors (Lipinski definition) is 3. The van der Waals surface area contributed by atoms with Crippen LogP contribution in [-0.4, -0.2) is 21.3 Å². The van der Waals surface area contributed by atoms with E-state index < -0.39 is 0 Å². The van der Waals surface area contributed by atoms with Crippen LogP contribution in [0.15, 0.2) is 18.2 Å². The first kappa shape index (κ1) is 15.7. The maximum atomic E-state index is 4.63. The van der Waals surface area contributed by atoms with E-state index in [1.54, 1.807) is 0 Å². The molecule has 1 aromatic carbocycles. The number of hydrogen-bond donors (Lipinski definition) is 1. The minimum Gasteiger partial charge on any atom is -0.313 e. The van der Waals surface area contributed by atoms with Crippen LogP contribution in [0.3, 0.4) is 0 Å². The average Bonchev–Trinajstić information content (AvgIpc) is 2.91. The molecule has 0 fully saturated rings. The Morgan fingerprint density at radius 1 is 1.14 bits per heavy atom. The first-order valence-corrected chi connectivity index (χ1v) is 7.95. The van der Waals surface area contributed by atoms with Gasteiger partial charge in [0, 0.05) is 19.4 Å². The van der Waals surface area contributed by atoms with Crippen LogP contribution in [0.4, 0.5) is 0 Å². The second-order valence-electron chi connectivity index (χ2n) is 5.36. The minimum absolute atomic E-state index is 0.873. The van der Waals surface area contributed by atoms with Crippen molar-refractivity contribution in [3.8, 4) is 5.69 Å². The summed E-state index contributed by atoms with van der Waals surface area (Å²) in [5, 5.41) is 8.06. The summed E-state index contributed by atoms with van der Waals surface area (Å²) in [5.41, 5.74) is 3.70. The Balaban J connectivity index is 2.26. The van der Waals surface area contributed by atoms with Crippen molar-refractivity contribution in [2.75, 3.05) is 6.54 Å². The van der Waals surface area contributed by atoms with Crippen molar-refractivity contribution in [1.29, 1.82) is 0 Å². The van der Waals surface area contributed by atoms with E-state index in [2.05, 4.69) is 61.3 Å². The third-order valence-electron chi connectivity index (χ3n) is 3.60. The summed E-state index contributed by atoms with van der Waals surface area (Å²) in [6, 6.07) is 6.58. The minimum atomic E-state index is 0.873. The van der Waals surface area contributed by atoms with Crippen LogP contribution in [0.2, 0.25) is 0 Å². The van der Waals surface area contributed by atoms with E-state index in [0.29, 0.717) is 0 Å². The van der Waals surface area contributed by atoms with Gasteiger partial charge in [-0.05, 0) is 37.1 Å². The van der Waals surface area contributed by atoms with Crippen molar-refractivity contribution in [3.05, 3.63) is 41.0 Å². The molecule has 2 aromatic rings. The Kier molecular flexibility index (Phi) is 5.51. The van der Waals surface area contributed by atoms with Crippen molar-refractivity contribution < 1.29 is 0 Å². The number of nitrogens with zero attached hydrogens (tertiary/aromatic N) is 3. The van der Waals surface area contributed by atoms with Gasteiger partial charge in [0.25, 0.3) is 0 Å². The molecule has 0 unspecified atom stereocenters. The lowest BCUT2D eigenvalue weighted by molar-refractivity contribution is 0.674. The summed E-state index contributed by atoms with van der Waals surface area (Å²) >= 11 is 0. The number of rotatable bonds is 7. The van der Waals surface area contributed by atoms with Gasteiger partial charge in [-0.3, -0.25) is 0 Å². The molecule has 0 atom stereocenters. The quantitative estimate of drug-likeness (QED) is 0.795. The molecule has 114 valence electrons. The lowest BCUT2D eigenvalue weighted by Gasteiger charge is -2.11. The molecule has 1 N–H and O–H groups in total. The lowest BCUT2D eigenvalue weighted by Crippen LogP contribution is -2.14. The molecule has 0 radical (unpaired) electrons. The second-order valence-corrected chi connectivity index (χ2v) is 5.36. The molecule has 0 bridgehead atoms. The fraction of sp³-hybridized carbons (Fsp3) is 0.529. The van der Waals surface area contributed by atoms with Crippen LogP contribution in [0, 0.1) is 6.92 Å². The van der Waals surface area contributed by atoms with Gasteiger partial charge in [-0.25, -0.2) is 9.67 Å². The van der Waals surface area contributed by atoms with E-state index in [1.807, 2.05) is 4.68 Å². The second kappa shape index (κ2) is 7.36. The van der Waals surface area contributed by atoms with Gasteiger partial charge in [0.1, 0.15) is 5.82 Å². The monoisotopic (exact) mass is 286 g/mol. The molecule has 4 heteroatoms. The Hall–Kier alpha value is -1.68. The molecule has 0 aliphatic heterocycles. The molecule has 0 spiro atoms. The summed E-state index contributed by atoms with van der Waals surface area (Å²) in [4.78, 5) is 4.59. The van der Waals surface area contributed by atoms with Gasteiger partial charge in [0.15, 0.2) is 5.82 Å². The van der Waals surface area contributed by atoms with Gasteiger partial charge >= 0.3 is 0 Å². The number of nitrogens with one attached hydrogen (secondary N) is 1. The highest BCUT2D eigenvalue weighted by Crippen LogP contribution is 2.17. The Morgan fingerprint density at radius 3 is 2.57 bits per heavy atom. The first-order chi connectivity index (χ1) is 10.2. The highest BCUT2D eigenvalue weighted by molar-refractivity contribution is 5.42. The van der Waals surface area contributed by atoms with E-state index in [-0.39, 0.29) is 0 Å². The summed E-state index contributed by atoms with van der Waals surface area (Å²) in [6.07, 6.45) is 2.93. The smallest absolute Gasteiger partial charge is 0.151 e. The third-order valence-corrected chi connectivity index (χ3v) is 3.60. The predicted molar refractivity (Wildman–Crippen MR) is 86.8 cm³/mol. The first-order valence-electron chi connectivity index (χ1n) is 7.95. The Bertz CT molecular complexity index is 586. The normalized spacial score (nSPS) is 11.0. The van der Waals surface area contributed by atoms with Gasteiger partial charge in [0.2, 0.25) is 0 Å². The Morgan fingerprint density at radius 2 is 1.95 bits per heavy atom. The van der Waals surface area contributed by atoms with Crippen molar-refractivity contribution >= 4 is 0 Å². The largest absolute Gasteiger partial charge is 0.313 e. The molecular formula is C17H26N4. The van der Waals surface area contributed by atoms with Gasteiger partial charge in [-0.1, -0.05) is 32.9 Å². The van der Waals surface area contributed by atoms with Gasteiger partial charge in [-0.15, -0.1) is 0 Å². The highest BCUT2D eigenvalue weighted by Gasteiger charge is 2.11. The topological polar surface area (TPSA) is 42.7 Å². The Labute approximate surface area is 127 Å². The molecule has 0 amide bonds. The predicted octanol–water partition coefficient (Wildman–Crippen LogP) is 3.20. The van der Waals surface area contributed by atoms with Crippen molar-refractivity contribution in [2.45, 2.75) is 53.5 Å². The fourth-order valence-corrected chi connectivity index (χ4v) is 2.44. The van der Waals surface area contributed by atoms with E-state index in [9.17, 15) is 0 Å². The zero-order chi connectivity index (χ0) is 15.2. The zero-order valence-electron chi connectivity index (χ0n) is 13.6. The van der Waals surface area contributed by atoms with Crippen LogP contribution in [0.5, 0.6) is 0 Å². The van der Waals surface area contributed by atoms with Crippen LogP contribution < -0.4 is 5.32 Å². The molecule has 1 aromatic heterocycles. The maximum Gasteiger partial charge on any atom is 0.151 e. The maximum absolute atomic E-state index is 4.63. The third kappa shape index (κ3) is 3.70. The summed E-state index contributed by atoms with van der Waals surface area (Å²) in [6.45, 7) is 10.5. The summed E-state index contributed by atoms with van der Waals surface area (Å²) < 4.78 is 2.00. The van der Waals surface area contributed by atoms with Gasteiger partial charge in [0.05, 0.1) is 5.69 Å². The molecular weight excluding hydrogens is 260 g/mol. The van der Waals surface area contributed by atoms with E-state index in [4.69, 9.17) is 0 Å². The van der Waals surface area contributed by atoms with Crippen molar-refractivity contribution in [2.24, 2.45) is 0 Å². The van der Waals surface area contributed by atoms with E-state index in [0.717, 1.165) is 49.7 Å². The van der Waals surface area contributed by atoms with Gasteiger partial charge in [-0.2, -0.15) is 5.10 Å².